The van der Waals surface area contributed by atoms with Crippen molar-refractivity contribution >= 4 is 34.5 Å². The van der Waals surface area contributed by atoms with Crippen LogP contribution in [0.15, 0.2) is 47.1 Å². The molecule has 6 nitrogen and oxygen atoms in total. The molecule has 0 radical (unpaired) electrons. The highest BCUT2D eigenvalue weighted by Gasteiger charge is 2.48. The maximum absolute atomic E-state index is 13.9. The van der Waals surface area contributed by atoms with E-state index in [1.54, 1.807) is 17.2 Å². The first-order valence-corrected chi connectivity index (χ1v) is 13.2. The van der Waals surface area contributed by atoms with Gasteiger partial charge in [-0.1, -0.05) is 63.8 Å². The summed E-state index contributed by atoms with van der Waals surface area (Å²) in [6.07, 6.45) is 7.11. The first-order valence-electron chi connectivity index (χ1n) is 12.8. The predicted octanol–water partition coefficient (Wildman–Crippen LogP) is 6.41. The number of halogens is 1. The van der Waals surface area contributed by atoms with Crippen molar-refractivity contribution in [1.29, 1.82) is 0 Å². The van der Waals surface area contributed by atoms with Gasteiger partial charge in [0.1, 0.15) is 11.2 Å². The molecule has 1 aromatic carbocycles. The first kappa shape index (κ1) is 25.4. The van der Waals surface area contributed by atoms with Crippen molar-refractivity contribution < 1.29 is 14.0 Å². The van der Waals surface area contributed by atoms with Crippen LogP contribution in [0.1, 0.15) is 75.9 Å². The number of furan rings is 1. The van der Waals surface area contributed by atoms with Gasteiger partial charge in [0, 0.05) is 29.7 Å². The van der Waals surface area contributed by atoms with E-state index in [1.165, 1.54) is 12.8 Å². The highest BCUT2D eigenvalue weighted by molar-refractivity contribution is 6.30. The Hall–Kier alpha value is -2.73. The van der Waals surface area contributed by atoms with Gasteiger partial charge in [0.05, 0.1) is 18.3 Å². The van der Waals surface area contributed by atoms with Crippen molar-refractivity contribution in [1.82, 2.24) is 14.8 Å². The summed E-state index contributed by atoms with van der Waals surface area (Å²) in [6.45, 7) is 8.84. The second kappa shape index (κ2) is 10.5. The lowest BCUT2D eigenvalue weighted by Gasteiger charge is -2.44. The molecule has 3 unspecified atom stereocenters. The van der Waals surface area contributed by atoms with Gasteiger partial charge >= 0.3 is 0 Å². The fourth-order valence-corrected chi connectivity index (χ4v) is 5.50. The molecule has 2 amide bonds. The number of aromatic nitrogens is 1. The van der Waals surface area contributed by atoms with Crippen LogP contribution < -0.4 is 5.32 Å². The van der Waals surface area contributed by atoms with Gasteiger partial charge in [-0.3, -0.25) is 9.59 Å². The van der Waals surface area contributed by atoms with Crippen LogP contribution >= 0.6 is 11.6 Å². The number of nitrogens with one attached hydrogen (secondary N) is 1. The van der Waals surface area contributed by atoms with Gasteiger partial charge < -0.3 is 19.2 Å². The van der Waals surface area contributed by atoms with Crippen molar-refractivity contribution in [3.05, 3.63) is 58.9 Å². The standard InChI is InChI=1S/C26H30ClN3O3.C2H6/c1-17-5-3-4-6-20(13-17)28-25(32)26(2)16-29-21-11-12-33-23(21)14-22(29)24(31)30(26)15-18-7-9-19(27)10-8-18;1-2/h7-12,14,17,20H,3-6,13,15-16H2,1-2H3,(H,28,32);1-2H3. The van der Waals surface area contributed by atoms with E-state index >= 15 is 0 Å². The van der Waals surface area contributed by atoms with Gasteiger partial charge in [-0.05, 0) is 43.4 Å². The molecule has 1 aliphatic carbocycles. The monoisotopic (exact) mass is 497 g/mol. The van der Waals surface area contributed by atoms with E-state index in [2.05, 4.69) is 12.2 Å². The molecule has 35 heavy (non-hydrogen) atoms. The Kier molecular flexibility index (Phi) is 7.60. The molecular formula is C28H36ClN3O3. The van der Waals surface area contributed by atoms with Gasteiger partial charge in [0.25, 0.3) is 5.91 Å². The number of benzene rings is 1. The Morgan fingerprint density at radius 2 is 1.89 bits per heavy atom. The minimum Gasteiger partial charge on any atom is -0.463 e. The molecule has 3 atom stereocenters. The Bertz CT molecular complexity index is 1180. The zero-order valence-electron chi connectivity index (χ0n) is 21.1. The normalized spacial score (nSPS) is 24.4. The first-order chi connectivity index (χ1) is 16.8. The summed E-state index contributed by atoms with van der Waals surface area (Å²) in [5.41, 5.74) is 1.94. The Morgan fingerprint density at radius 1 is 1.17 bits per heavy atom. The minimum atomic E-state index is -1.04. The van der Waals surface area contributed by atoms with E-state index in [0.29, 0.717) is 35.3 Å². The van der Waals surface area contributed by atoms with Crippen molar-refractivity contribution in [3.63, 3.8) is 0 Å². The molecule has 1 saturated carbocycles. The van der Waals surface area contributed by atoms with Gasteiger partial charge in [-0.15, -0.1) is 0 Å². The largest absolute Gasteiger partial charge is 0.463 e. The number of hydrogen-bond acceptors (Lipinski definition) is 3. The molecular weight excluding hydrogens is 462 g/mol. The third-order valence-electron chi connectivity index (χ3n) is 7.31. The van der Waals surface area contributed by atoms with Gasteiger partial charge in [-0.25, -0.2) is 0 Å². The van der Waals surface area contributed by atoms with Crippen LogP contribution in [0.4, 0.5) is 0 Å². The van der Waals surface area contributed by atoms with E-state index in [4.69, 9.17) is 16.0 Å². The average Bonchev–Trinajstić information content (AvgIpc) is 3.38. The zero-order chi connectivity index (χ0) is 25.2. The highest BCUT2D eigenvalue weighted by atomic mass is 35.5. The Balaban J connectivity index is 0.00000141. The quantitative estimate of drug-likeness (QED) is 0.423. The summed E-state index contributed by atoms with van der Waals surface area (Å²) < 4.78 is 7.48. The smallest absolute Gasteiger partial charge is 0.271 e. The lowest BCUT2D eigenvalue weighted by atomic mass is 9.92. The highest BCUT2D eigenvalue weighted by Crippen LogP contribution is 2.34. The summed E-state index contributed by atoms with van der Waals surface area (Å²) in [7, 11) is 0. The maximum atomic E-state index is 13.9. The summed E-state index contributed by atoms with van der Waals surface area (Å²) >= 11 is 6.06. The van der Waals surface area contributed by atoms with Crippen LogP contribution in [-0.4, -0.2) is 32.9 Å². The van der Waals surface area contributed by atoms with E-state index in [-0.39, 0.29) is 17.9 Å². The Labute approximate surface area is 212 Å². The molecule has 5 rings (SSSR count). The van der Waals surface area contributed by atoms with Crippen molar-refractivity contribution in [3.8, 4) is 0 Å². The van der Waals surface area contributed by atoms with Crippen LogP contribution in [-0.2, 0) is 17.9 Å². The fourth-order valence-electron chi connectivity index (χ4n) is 5.37. The minimum absolute atomic E-state index is 0.0973. The Morgan fingerprint density at radius 3 is 2.63 bits per heavy atom. The fraction of sp³-hybridized carbons (Fsp3) is 0.500. The van der Waals surface area contributed by atoms with Crippen LogP contribution in [0, 0.1) is 5.92 Å². The number of nitrogens with zero attached hydrogens (tertiary/aromatic N) is 2. The molecule has 1 N–H and O–H groups in total. The molecule has 188 valence electrons. The summed E-state index contributed by atoms with van der Waals surface area (Å²) in [6, 6.07) is 11.2. The summed E-state index contributed by atoms with van der Waals surface area (Å²) in [5, 5.41) is 3.96. The third-order valence-corrected chi connectivity index (χ3v) is 7.57. The van der Waals surface area contributed by atoms with Crippen molar-refractivity contribution in [2.24, 2.45) is 5.92 Å². The zero-order valence-corrected chi connectivity index (χ0v) is 21.9. The molecule has 1 aliphatic heterocycles. The van der Waals surface area contributed by atoms with Crippen LogP contribution in [0.5, 0.6) is 0 Å². The predicted molar refractivity (Wildman–Crippen MR) is 139 cm³/mol. The lowest BCUT2D eigenvalue weighted by molar-refractivity contribution is -0.134. The molecule has 0 bridgehead atoms. The van der Waals surface area contributed by atoms with E-state index < -0.39 is 5.54 Å². The van der Waals surface area contributed by atoms with Crippen LogP contribution in [0.3, 0.4) is 0 Å². The number of carbonyl (C=O) groups is 2. The number of fused-ring (bicyclic) bond motifs is 3. The molecule has 7 heteroatoms. The van der Waals surface area contributed by atoms with Crippen molar-refractivity contribution in [2.75, 3.05) is 0 Å². The molecule has 3 aromatic rings. The summed E-state index contributed by atoms with van der Waals surface area (Å²) in [5.74, 6) is 0.319. The molecule has 2 aliphatic rings. The van der Waals surface area contributed by atoms with Crippen LogP contribution in [0.2, 0.25) is 5.02 Å². The van der Waals surface area contributed by atoms with E-state index in [0.717, 1.165) is 30.3 Å². The van der Waals surface area contributed by atoms with Crippen LogP contribution in [0.25, 0.3) is 11.1 Å². The van der Waals surface area contributed by atoms with Gasteiger partial charge in [0.2, 0.25) is 5.91 Å². The van der Waals surface area contributed by atoms with Crippen molar-refractivity contribution in [2.45, 2.75) is 84.5 Å². The second-order valence-corrected chi connectivity index (χ2v) is 10.3. The van der Waals surface area contributed by atoms with Gasteiger partial charge in [-0.2, -0.15) is 0 Å². The molecule has 1 fully saturated rings. The van der Waals surface area contributed by atoms with E-state index in [9.17, 15) is 9.59 Å². The second-order valence-electron chi connectivity index (χ2n) is 9.87. The molecule has 2 aromatic heterocycles. The number of rotatable bonds is 4. The average molecular weight is 498 g/mol. The third kappa shape index (κ3) is 4.99. The molecule has 0 spiro atoms. The maximum Gasteiger partial charge on any atom is 0.271 e. The van der Waals surface area contributed by atoms with Gasteiger partial charge in [0.15, 0.2) is 5.58 Å². The molecule has 0 saturated heterocycles. The number of amides is 2. The number of carbonyl (C=O) groups excluding carboxylic acids is 2. The number of hydrogen-bond donors (Lipinski definition) is 1. The van der Waals surface area contributed by atoms with E-state index in [1.807, 2.05) is 55.7 Å². The lowest BCUT2D eigenvalue weighted by Crippen LogP contribution is -2.64. The SMILES string of the molecule is CC.CC1CCCCC(NC(=O)C2(C)Cn3c(cc4occc43)C(=O)N2Cc2ccc(Cl)cc2)C1. The topological polar surface area (TPSA) is 67.5 Å². The molecule has 3 heterocycles. The summed E-state index contributed by atoms with van der Waals surface area (Å²) in [4.78, 5) is 29.3.